The molecular weight excluding hydrogens is 329 g/mol. The van der Waals surface area contributed by atoms with Crippen LogP contribution in [0.1, 0.15) is 17.3 Å². The molecule has 0 aliphatic carbocycles. The highest BCUT2D eigenvalue weighted by molar-refractivity contribution is 5.89. The number of nitrogens with zero attached hydrogens (tertiary/aromatic N) is 2. The lowest BCUT2D eigenvalue weighted by Crippen LogP contribution is -2.44. The number of halogens is 1. The van der Waals surface area contributed by atoms with Crippen molar-refractivity contribution in [2.24, 2.45) is 0 Å². The van der Waals surface area contributed by atoms with E-state index in [0.717, 1.165) is 18.7 Å². The largest absolute Gasteiger partial charge is 0.348 e. The Balaban J connectivity index is 1.60. The van der Waals surface area contributed by atoms with Crippen molar-refractivity contribution in [3.05, 3.63) is 90.0 Å². The van der Waals surface area contributed by atoms with E-state index in [4.69, 9.17) is 0 Å². The number of amides is 2. The minimum absolute atomic E-state index is 0.0605. The molecule has 2 aromatic carbocycles. The highest BCUT2D eigenvalue weighted by atomic mass is 19.1. The Morgan fingerprint density at radius 3 is 2.69 bits per heavy atom. The maximum atomic E-state index is 13.4. The average Bonchev–Trinajstić information content (AvgIpc) is 3.12. The summed E-state index contributed by atoms with van der Waals surface area (Å²) in [5.41, 5.74) is 2.76. The number of hydrogen-bond acceptors (Lipinski definition) is 1. The van der Waals surface area contributed by atoms with Crippen LogP contribution in [0.15, 0.2) is 72.9 Å². The minimum atomic E-state index is -0.365. The number of rotatable bonds is 3. The maximum absolute atomic E-state index is 13.4. The van der Waals surface area contributed by atoms with Crippen LogP contribution in [0.5, 0.6) is 0 Å². The highest BCUT2D eigenvalue weighted by Crippen LogP contribution is 2.30. The molecule has 5 heteroatoms. The molecule has 0 radical (unpaired) electrons. The fourth-order valence-corrected chi connectivity index (χ4v) is 3.52. The molecular formula is C21H20FN3O. The molecule has 0 saturated heterocycles. The monoisotopic (exact) mass is 349 g/mol. The van der Waals surface area contributed by atoms with Crippen molar-refractivity contribution >= 4 is 11.7 Å². The molecule has 4 rings (SSSR count). The summed E-state index contributed by atoms with van der Waals surface area (Å²) < 4.78 is 15.6. The number of carbonyl (C=O) groups excluding carboxylic acids is 1. The number of carbonyl (C=O) groups is 1. The molecule has 26 heavy (non-hydrogen) atoms. The zero-order chi connectivity index (χ0) is 17.9. The van der Waals surface area contributed by atoms with Crippen LogP contribution in [-0.2, 0) is 13.0 Å². The number of anilines is 1. The van der Waals surface area contributed by atoms with Crippen molar-refractivity contribution < 1.29 is 9.18 Å². The summed E-state index contributed by atoms with van der Waals surface area (Å²) in [4.78, 5) is 14.7. The zero-order valence-corrected chi connectivity index (χ0v) is 14.3. The molecule has 1 N–H and O–H groups in total. The normalized spacial score (nSPS) is 16.2. The molecule has 1 aliphatic rings. The minimum Gasteiger partial charge on any atom is -0.348 e. The van der Waals surface area contributed by atoms with Gasteiger partial charge in [-0.25, -0.2) is 9.18 Å². The third-order valence-corrected chi connectivity index (χ3v) is 4.77. The van der Waals surface area contributed by atoms with Gasteiger partial charge in [0.25, 0.3) is 0 Å². The van der Waals surface area contributed by atoms with Gasteiger partial charge in [0.1, 0.15) is 5.82 Å². The van der Waals surface area contributed by atoms with E-state index in [1.165, 1.54) is 17.7 Å². The molecule has 1 aromatic heterocycles. The van der Waals surface area contributed by atoms with E-state index in [9.17, 15) is 9.18 Å². The van der Waals surface area contributed by atoms with Crippen LogP contribution in [0.25, 0.3) is 0 Å². The van der Waals surface area contributed by atoms with Crippen LogP contribution in [0, 0.1) is 5.82 Å². The number of hydrogen-bond donors (Lipinski definition) is 1. The fraction of sp³-hybridized carbons (Fsp3) is 0.190. The summed E-state index contributed by atoms with van der Waals surface area (Å²) in [6.07, 6.45) is 2.79. The molecule has 0 fully saturated rings. The third-order valence-electron chi connectivity index (χ3n) is 4.77. The number of nitrogens with one attached hydrogen (secondary N) is 1. The van der Waals surface area contributed by atoms with Crippen LogP contribution in [-0.4, -0.2) is 22.0 Å². The number of benzene rings is 2. The number of urea groups is 1. The molecule has 4 nitrogen and oxygen atoms in total. The van der Waals surface area contributed by atoms with E-state index in [0.29, 0.717) is 12.2 Å². The summed E-state index contributed by atoms with van der Waals surface area (Å²) in [5, 5.41) is 2.83. The first kappa shape index (κ1) is 16.4. The number of fused-ring (bicyclic) bond motifs is 1. The van der Waals surface area contributed by atoms with Gasteiger partial charge in [0.05, 0.1) is 6.04 Å². The van der Waals surface area contributed by atoms with Gasteiger partial charge in [-0.05, 0) is 42.3 Å². The molecule has 0 spiro atoms. The van der Waals surface area contributed by atoms with Crippen molar-refractivity contribution in [3.8, 4) is 0 Å². The molecule has 1 aliphatic heterocycles. The Bertz CT molecular complexity index is 906. The number of aromatic nitrogens is 1. The lowest BCUT2D eigenvalue weighted by atomic mass is 10.0. The predicted molar refractivity (Wildman–Crippen MR) is 99.4 cm³/mol. The van der Waals surface area contributed by atoms with Gasteiger partial charge in [0.2, 0.25) is 0 Å². The van der Waals surface area contributed by atoms with Crippen molar-refractivity contribution in [2.75, 3.05) is 11.9 Å². The van der Waals surface area contributed by atoms with E-state index >= 15 is 0 Å². The topological polar surface area (TPSA) is 37.3 Å². The van der Waals surface area contributed by atoms with Crippen LogP contribution < -0.4 is 5.32 Å². The lowest BCUT2D eigenvalue weighted by Gasteiger charge is -2.37. The van der Waals surface area contributed by atoms with E-state index in [2.05, 4.69) is 34.3 Å². The van der Waals surface area contributed by atoms with Gasteiger partial charge >= 0.3 is 6.03 Å². The van der Waals surface area contributed by atoms with Gasteiger partial charge in [-0.15, -0.1) is 0 Å². The van der Waals surface area contributed by atoms with Gasteiger partial charge in [-0.1, -0.05) is 36.4 Å². The first-order valence-electron chi connectivity index (χ1n) is 8.73. The van der Waals surface area contributed by atoms with Crippen LogP contribution >= 0.6 is 0 Å². The Morgan fingerprint density at radius 2 is 1.88 bits per heavy atom. The second kappa shape index (κ2) is 7.04. The van der Waals surface area contributed by atoms with Crippen LogP contribution in [0.3, 0.4) is 0 Å². The first-order valence-corrected chi connectivity index (χ1v) is 8.73. The second-order valence-corrected chi connectivity index (χ2v) is 6.47. The third kappa shape index (κ3) is 3.33. The van der Waals surface area contributed by atoms with E-state index in [1.807, 2.05) is 29.2 Å². The van der Waals surface area contributed by atoms with Crippen molar-refractivity contribution in [1.29, 1.82) is 0 Å². The van der Waals surface area contributed by atoms with Crippen molar-refractivity contribution in [1.82, 2.24) is 9.47 Å². The lowest BCUT2D eigenvalue weighted by molar-refractivity contribution is 0.167. The molecule has 0 unspecified atom stereocenters. The molecule has 3 aromatic rings. The van der Waals surface area contributed by atoms with Gasteiger partial charge in [0.15, 0.2) is 0 Å². The summed E-state index contributed by atoms with van der Waals surface area (Å²) in [7, 11) is 0. The summed E-state index contributed by atoms with van der Waals surface area (Å²) >= 11 is 0. The molecule has 0 saturated carbocycles. The quantitative estimate of drug-likeness (QED) is 0.745. The smallest absolute Gasteiger partial charge is 0.322 e. The van der Waals surface area contributed by atoms with Crippen LogP contribution in [0.4, 0.5) is 14.9 Å². The molecule has 132 valence electrons. The average molecular weight is 349 g/mol. The Hall–Kier alpha value is -3.08. The van der Waals surface area contributed by atoms with E-state index < -0.39 is 0 Å². The summed E-state index contributed by atoms with van der Waals surface area (Å²) in [6.45, 7) is 1.37. The standard InChI is InChI=1S/C21H20FN3O/c22-17-8-4-9-18(15-17)23-21(26)25-13-12-24-11-5-10-19(24)20(25)14-16-6-2-1-3-7-16/h1-11,15,20H,12-14H2,(H,23,26)/t20-/m1/s1. The van der Waals surface area contributed by atoms with Gasteiger partial charge < -0.3 is 14.8 Å². The van der Waals surface area contributed by atoms with Gasteiger partial charge in [-0.2, -0.15) is 0 Å². The zero-order valence-electron chi connectivity index (χ0n) is 14.3. The predicted octanol–water partition coefficient (Wildman–Crippen LogP) is 4.46. The molecule has 2 heterocycles. The molecule has 0 bridgehead atoms. The Kier molecular flexibility index (Phi) is 4.44. The molecule has 2 amide bonds. The van der Waals surface area contributed by atoms with Crippen LogP contribution in [0.2, 0.25) is 0 Å². The van der Waals surface area contributed by atoms with Crippen molar-refractivity contribution in [3.63, 3.8) is 0 Å². The second-order valence-electron chi connectivity index (χ2n) is 6.47. The van der Waals surface area contributed by atoms with E-state index in [-0.39, 0.29) is 17.9 Å². The maximum Gasteiger partial charge on any atom is 0.322 e. The highest BCUT2D eigenvalue weighted by Gasteiger charge is 2.31. The fourth-order valence-electron chi connectivity index (χ4n) is 3.52. The first-order chi connectivity index (χ1) is 12.7. The van der Waals surface area contributed by atoms with Gasteiger partial charge in [0, 0.05) is 30.7 Å². The Morgan fingerprint density at radius 1 is 1.04 bits per heavy atom. The SMILES string of the molecule is O=C(Nc1cccc(F)c1)N1CCn2cccc2[C@H]1Cc1ccccc1. The molecule has 1 atom stereocenters. The van der Waals surface area contributed by atoms with Gasteiger partial charge in [-0.3, -0.25) is 0 Å². The van der Waals surface area contributed by atoms with E-state index in [1.54, 1.807) is 12.1 Å². The summed E-state index contributed by atoms with van der Waals surface area (Å²) in [5.74, 6) is -0.365. The van der Waals surface area contributed by atoms with Crippen molar-refractivity contribution in [2.45, 2.75) is 19.0 Å². The summed E-state index contributed by atoms with van der Waals surface area (Å²) in [6, 6.07) is 19.9. The Labute approximate surface area is 151 Å².